The largest absolute Gasteiger partial charge is 0.369 e. The normalized spacial score (nSPS) is 13.7. The van der Waals surface area contributed by atoms with Gasteiger partial charge < -0.3 is 5.32 Å². The van der Waals surface area contributed by atoms with Crippen molar-refractivity contribution in [3.63, 3.8) is 0 Å². The molecular formula is C13H19N3OS. The summed E-state index contributed by atoms with van der Waals surface area (Å²) in [5, 5.41) is 12.4. The molecular weight excluding hydrogens is 246 g/mol. The van der Waals surface area contributed by atoms with E-state index in [1.54, 1.807) is 6.26 Å². The van der Waals surface area contributed by atoms with Gasteiger partial charge in [0.15, 0.2) is 0 Å². The zero-order chi connectivity index (χ0) is 13.7. The summed E-state index contributed by atoms with van der Waals surface area (Å²) in [4.78, 5) is 4.34. The van der Waals surface area contributed by atoms with Crippen LogP contribution in [0.1, 0.15) is 30.2 Å². The maximum atomic E-state index is 11.2. The summed E-state index contributed by atoms with van der Waals surface area (Å²) < 4.78 is 11.2. The smallest absolute Gasteiger partial charge is 0.144 e. The lowest BCUT2D eigenvalue weighted by Crippen LogP contribution is -2.16. The monoisotopic (exact) mass is 265 g/mol. The van der Waals surface area contributed by atoms with Crippen molar-refractivity contribution in [1.29, 1.82) is 5.26 Å². The van der Waals surface area contributed by atoms with Gasteiger partial charge >= 0.3 is 0 Å². The lowest BCUT2D eigenvalue weighted by Gasteiger charge is -2.12. The molecule has 0 saturated carbocycles. The Hall–Kier alpha value is -1.41. The Balaban J connectivity index is 2.73. The Labute approximate surface area is 111 Å². The predicted molar refractivity (Wildman–Crippen MR) is 75.1 cm³/mol. The highest BCUT2D eigenvalue weighted by Gasteiger charge is 2.09. The van der Waals surface area contributed by atoms with E-state index in [1.165, 1.54) is 0 Å². The van der Waals surface area contributed by atoms with Gasteiger partial charge in [0, 0.05) is 34.5 Å². The van der Waals surface area contributed by atoms with Gasteiger partial charge in [0.05, 0.1) is 5.56 Å². The van der Waals surface area contributed by atoms with Gasteiger partial charge in [-0.1, -0.05) is 6.92 Å². The predicted octanol–water partition coefficient (Wildman–Crippen LogP) is 2.14. The van der Waals surface area contributed by atoms with E-state index in [0.29, 0.717) is 17.9 Å². The number of aryl methyl sites for hydroxylation is 2. The molecule has 0 aromatic carbocycles. The number of hydrogen-bond donors (Lipinski definition) is 1. The molecule has 0 aliphatic rings. The van der Waals surface area contributed by atoms with Crippen molar-refractivity contribution in [3.05, 3.63) is 22.9 Å². The molecule has 5 heteroatoms. The molecule has 98 valence electrons. The third-order valence-corrected chi connectivity index (χ3v) is 4.24. The van der Waals surface area contributed by atoms with Gasteiger partial charge in [-0.3, -0.25) is 4.21 Å². The molecule has 0 fully saturated rings. The molecule has 4 nitrogen and oxygen atoms in total. The standard InChI is InChI=1S/C13H19N3OS/c1-9-7-10(2)16-13(12(9)8-14)15-6-5-11(3)18(4)17/h7,11H,5-6H2,1-4H3,(H,15,16). The van der Waals surface area contributed by atoms with E-state index in [0.717, 1.165) is 17.7 Å². The summed E-state index contributed by atoms with van der Waals surface area (Å²) in [6.07, 6.45) is 2.50. The van der Waals surface area contributed by atoms with E-state index >= 15 is 0 Å². The van der Waals surface area contributed by atoms with Crippen LogP contribution in [0.3, 0.4) is 0 Å². The minimum atomic E-state index is -0.810. The lowest BCUT2D eigenvalue weighted by molar-refractivity contribution is 0.672. The van der Waals surface area contributed by atoms with Gasteiger partial charge in [-0.15, -0.1) is 0 Å². The first-order chi connectivity index (χ1) is 8.45. The van der Waals surface area contributed by atoms with Crippen LogP contribution in [0.25, 0.3) is 0 Å². The van der Waals surface area contributed by atoms with Crippen molar-refractivity contribution in [2.24, 2.45) is 0 Å². The number of aromatic nitrogens is 1. The van der Waals surface area contributed by atoms with E-state index in [9.17, 15) is 4.21 Å². The SMILES string of the molecule is Cc1cc(C)c(C#N)c(NCCC(C)S(C)=O)n1. The molecule has 2 atom stereocenters. The van der Waals surface area contributed by atoms with Crippen LogP contribution in [-0.2, 0) is 10.8 Å². The second-order valence-corrected chi connectivity index (χ2v) is 6.24. The molecule has 1 N–H and O–H groups in total. The highest BCUT2D eigenvalue weighted by molar-refractivity contribution is 7.84. The number of pyridine rings is 1. The first-order valence-corrected chi connectivity index (χ1v) is 7.52. The van der Waals surface area contributed by atoms with E-state index in [4.69, 9.17) is 5.26 Å². The number of nitrogens with zero attached hydrogens (tertiary/aromatic N) is 2. The Morgan fingerprint density at radius 1 is 1.56 bits per heavy atom. The zero-order valence-corrected chi connectivity index (χ0v) is 12.1. The molecule has 1 aromatic heterocycles. The maximum Gasteiger partial charge on any atom is 0.144 e. The molecule has 1 rings (SSSR count). The summed E-state index contributed by atoms with van der Waals surface area (Å²) in [6.45, 7) is 6.44. The Bertz CT molecular complexity index is 494. The molecule has 18 heavy (non-hydrogen) atoms. The fourth-order valence-corrected chi connectivity index (χ4v) is 2.12. The molecule has 0 amide bonds. The van der Waals surface area contributed by atoms with Crippen LogP contribution in [0.5, 0.6) is 0 Å². The topological polar surface area (TPSA) is 65.8 Å². The Morgan fingerprint density at radius 2 is 2.22 bits per heavy atom. The molecule has 1 aromatic rings. The number of nitriles is 1. The first-order valence-electron chi connectivity index (χ1n) is 5.90. The van der Waals surface area contributed by atoms with Crippen LogP contribution in [-0.4, -0.2) is 27.2 Å². The van der Waals surface area contributed by atoms with Crippen LogP contribution >= 0.6 is 0 Å². The third kappa shape index (κ3) is 3.81. The lowest BCUT2D eigenvalue weighted by atomic mass is 10.1. The number of hydrogen-bond acceptors (Lipinski definition) is 4. The van der Waals surface area contributed by atoms with E-state index in [1.807, 2.05) is 26.8 Å². The number of rotatable bonds is 5. The van der Waals surface area contributed by atoms with Gasteiger partial charge in [0.1, 0.15) is 11.9 Å². The van der Waals surface area contributed by atoms with Crippen LogP contribution in [0.4, 0.5) is 5.82 Å². The van der Waals surface area contributed by atoms with Gasteiger partial charge in [0.25, 0.3) is 0 Å². The molecule has 1 heterocycles. The summed E-state index contributed by atoms with van der Waals surface area (Å²) in [6, 6.07) is 4.06. The average Bonchev–Trinajstić information content (AvgIpc) is 2.28. The summed E-state index contributed by atoms with van der Waals surface area (Å²) in [7, 11) is -0.810. The van der Waals surface area contributed by atoms with Gasteiger partial charge in [-0.25, -0.2) is 4.98 Å². The van der Waals surface area contributed by atoms with Crippen molar-refractivity contribution in [3.8, 4) is 6.07 Å². The van der Waals surface area contributed by atoms with Crippen molar-refractivity contribution in [1.82, 2.24) is 4.98 Å². The summed E-state index contributed by atoms with van der Waals surface area (Å²) in [5.74, 6) is 0.629. The molecule has 0 spiro atoms. The average molecular weight is 265 g/mol. The van der Waals surface area contributed by atoms with E-state index in [2.05, 4.69) is 16.4 Å². The van der Waals surface area contributed by atoms with Crippen molar-refractivity contribution in [2.75, 3.05) is 18.1 Å². The molecule has 2 unspecified atom stereocenters. The van der Waals surface area contributed by atoms with Crippen molar-refractivity contribution >= 4 is 16.6 Å². The van der Waals surface area contributed by atoms with Gasteiger partial charge in [-0.2, -0.15) is 5.26 Å². The highest BCUT2D eigenvalue weighted by atomic mass is 32.2. The van der Waals surface area contributed by atoms with Crippen LogP contribution < -0.4 is 5.32 Å². The molecule has 0 bridgehead atoms. The van der Waals surface area contributed by atoms with Gasteiger partial charge in [-0.05, 0) is 31.9 Å². The molecule has 0 saturated heterocycles. The molecule has 0 aliphatic heterocycles. The van der Waals surface area contributed by atoms with E-state index < -0.39 is 10.8 Å². The van der Waals surface area contributed by atoms with E-state index in [-0.39, 0.29) is 5.25 Å². The fraction of sp³-hybridized carbons (Fsp3) is 0.538. The minimum Gasteiger partial charge on any atom is -0.369 e. The highest BCUT2D eigenvalue weighted by Crippen LogP contribution is 2.17. The van der Waals surface area contributed by atoms with Crippen LogP contribution in [0, 0.1) is 25.2 Å². The Kier molecular flexibility index (Phi) is 5.29. The third-order valence-electron chi connectivity index (χ3n) is 2.87. The maximum absolute atomic E-state index is 11.2. The first kappa shape index (κ1) is 14.7. The Morgan fingerprint density at radius 3 is 2.78 bits per heavy atom. The quantitative estimate of drug-likeness (QED) is 0.885. The second kappa shape index (κ2) is 6.50. The second-order valence-electron chi connectivity index (χ2n) is 4.44. The number of nitrogens with one attached hydrogen (secondary N) is 1. The molecule has 0 aliphatic carbocycles. The van der Waals surface area contributed by atoms with Crippen LogP contribution in [0.15, 0.2) is 6.07 Å². The van der Waals surface area contributed by atoms with Crippen molar-refractivity contribution < 1.29 is 4.21 Å². The fourth-order valence-electron chi connectivity index (χ4n) is 1.67. The minimum absolute atomic E-state index is 0.147. The van der Waals surface area contributed by atoms with Gasteiger partial charge in [0.2, 0.25) is 0 Å². The summed E-state index contributed by atoms with van der Waals surface area (Å²) in [5.41, 5.74) is 2.41. The van der Waals surface area contributed by atoms with Crippen LogP contribution in [0.2, 0.25) is 0 Å². The van der Waals surface area contributed by atoms with Crippen molar-refractivity contribution in [2.45, 2.75) is 32.4 Å². The number of anilines is 1. The zero-order valence-electron chi connectivity index (χ0n) is 11.3. The molecule has 0 radical (unpaired) electrons. The summed E-state index contributed by atoms with van der Waals surface area (Å²) >= 11 is 0.